The van der Waals surface area contributed by atoms with Crippen LogP contribution < -0.4 is 5.32 Å². The molecule has 1 atom stereocenters. The molecule has 30 heavy (non-hydrogen) atoms. The van der Waals surface area contributed by atoms with Gasteiger partial charge in [-0.2, -0.15) is 0 Å². The van der Waals surface area contributed by atoms with E-state index in [2.05, 4.69) is 29.6 Å². The van der Waals surface area contributed by atoms with Crippen LogP contribution in [0.15, 0.2) is 54.6 Å². The molecule has 1 fully saturated rings. The fraction of sp³-hybridized carbons (Fsp3) is 0.440. The van der Waals surface area contributed by atoms with Crippen LogP contribution in [0.25, 0.3) is 0 Å². The summed E-state index contributed by atoms with van der Waals surface area (Å²) in [6.45, 7) is 5.21. The number of hydrogen-bond acceptors (Lipinski definition) is 2. The lowest BCUT2D eigenvalue weighted by Gasteiger charge is -2.35. The summed E-state index contributed by atoms with van der Waals surface area (Å²) in [5, 5.41) is 2.76. The molecule has 2 amide bonds. The lowest BCUT2D eigenvalue weighted by Crippen LogP contribution is -2.53. The van der Waals surface area contributed by atoms with Gasteiger partial charge >= 0.3 is 0 Å². The van der Waals surface area contributed by atoms with Crippen LogP contribution in [-0.2, 0) is 11.2 Å². The van der Waals surface area contributed by atoms with Crippen LogP contribution in [0.1, 0.15) is 49.0 Å². The first-order valence-corrected chi connectivity index (χ1v) is 10.8. The highest BCUT2D eigenvalue weighted by Crippen LogP contribution is 2.23. The average Bonchev–Trinajstić information content (AvgIpc) is 2.76. The van der Waals surface area contributed by atoms with Gasteiger partial charge in [-0.1, -0.05) is 56.3 Å². The van der Waals surface area contributed by atoms with Crippen molar-refractivity contribution in [2.24, 2.45) is 11.8 Å². The predicted molar refractivity (Wildman–Crippen MR) is 117 cm³/mol. The van der Waals surface area contributed by atoms with Crippen molar-refractivity contribution in [3.8, 4) is 0 Å². The molecule has 0 spiro atoms. The molecule has 0 unspecified atom stereocenters. The summed E-state index contributed by atoms with van der Waals surface area (Å²) in [5.74, 6) is -0.665. The van der Waals surface area contributed by atoms with Gasteiger partial charge in [0.05, 0.1) is 5.56 Å². The van der Waals surface area contributed by atoms with E-state index < -0.39 is 17.8 Å². The Kier molecular flexibility index (Phi) is 7.61. The molecule has 0 radical (unpaired) electrons. The summed E-state index contributed by atoms with van der Waals surface area (Å²) in [5.41, 5.74) is 1.32. The van der Waals surface area contributed by atoms with Crippen molar-refractivity contribution in [2.75, 3.05) is 13.1 Å². The van der Waals surface area contributed by atoms with Crippen LogP contribution in [0.2, 0.25) is 0 Å². The standard InChI is InChI=1S/C25H31FN2O2/c1-18(2)23(27-24(29)21-10-6-7-11-22(21)26)25(30)28-16-14-20(15-17-28)13-12-19-8-4-3-5-9-19/h3-11,18,20,23H,12-17H2,1-2H3,(H,27,29)/t23-/m0/s1. The van der Waals surface area contributed by atoms with Gasteiger partial charge in [0.2, 0.25) is 5.91 Å². The molecule has 0 bridgehead atoms. The maximum atomic E-state index is 13.9. The molecule has 0 saturated carbocycles. The summed E-state index contributed by atoms with van der Waals surface area (Å²) in [6.07, 6.45) is 4.14. The quantitative estimate of drug-likeness (QED) is 0.733. The number of nitrogens with one attached hydrogen (secondary N) is 1. The Morgan fingerprint density at radius 2 is 1.67 bits per heavy atom. The van der Waals surface area contributed by atoms with Crippen molar-refractivity contribution in [1.82, 2.24) is 10.2 Å². The van der Waals surface area contributed by atoms with Gasteiger partial charge in [-0.3, -0.25) is 9.59 Å². The summed E-state index contributed by atoms with van der Waals surface area (Å²) >= 11 is 0. The maximum absolute atomic E-state index is 13.9. The first-order chi connectivity index (χ1) is 14.5. The summed E-state index contributed by atoms with van der Waals surface area (Å²) in [6, 6.07) is 15.7. The normalized spacial score (nSPS) is 15.8. The fourth-order valence-electron chi connectivity index (χ4n) is 4.03. The number of aryl methyl sites for hydroxylation is 1. The molecule has 0 aliphatic carbocycles. The second kappa shape index (κ2) is 10.4. The van der Waals surface area contributed by atoms with E-state index in [9.17, 15) is 14.0 Å². The summed E-state index contributed by atoms with van der Waals surface area (Å²) in [4.78, 5) is 27.5. The van der Waals surface area contributed by atoms with Crippen molar-refractivity contribution < 1.29 is 14.0 Å². The predicted octanol–water partition coefficient (Wildman–Crippen LogP) is 4.45. The Labute approximate surface area is 178 Å². The molecule has 4 nitrogen and oxygen atoms in total. The highest BCUT2D eigenvalue weighted by molar-refractivity contribution is 5.97. The summed E-state index contributed by atoms with van der Waals surface area (Å²) in [7, 11) is 0. The molecule has 2 aromatic carbocycles. The van der Waals surface area contributed by atoms with Gasteiger partial charge in [-0.25, -0.2) is 4.39 Å². The number of carbonyl (C=O) groups is 2. The molecule has 160 valence electrons. The first kappa shape index (κ1) is 22.0. The summed E-state index contributed by atoms with van der Waals surface area (Å²) < 4.78 is 13.9. The Bertz CT molecular complexity index is 845. The average molecular weight is 411 g/mol. The van der Waals surface area contributed by atoms with Crippen molar-refractivity contribution in [3.63, 3.8) is 0 Å². The van der Waals surface area contributed by atoms with Crippen LogP contribution in [0.3, 0.4) is 0 Å². The molecular weight excluding hydrogens is 379 g/mol. The molecule has 5 heteroatoms. The Morgan fingerprint density at radius 1 is 1.03 bits per heavy atom. The smallest absolute Gasteiger partial charge is 0.254 e. The Hall–Kier alpha value is -2.69. The zero-order chi connectivity index (χ0) is 21.5. The molecule has 1 aliphatic rings. The number of piperidine rings is 1. The van der Waals surface area contributed by atoms with Crippen LogP contribution in [0.5, 0.6) is 0 Å². The Morgan fingerprint density at radius 3 is 2.30 bits per heavy atom. The van der Waals surface area contributed by atoms with Gasteiger partial charge in [0.15, 0.2) is 0 Å². The molecule has 1 N–H and O–H groups in total. The van der Waals surface area contributed by atoms with Crippen molar-refractivity contribution in [3.05, 3.63) is 71.5 Å². The number of rotatable bonds is 7. The third-order valence-electron chi connectivity index (χ3n) is 5.95. The molecule has 0 aromatic heterocycles. The molecular formula is C25H31FN2O2. The number of hydrogen-bond donors (Lipinski definition) is 1. The number of halogens is 1. The van der Waals surface area contributed by atoms with Gasteiger partial charge < -0.3 is 10.2 Å². The monoisotopic (exact) mass is 410 g/mol. The topological polar surface area (TPSA) is 49.4 Å². The Balaban J connectivity index is 1.54. The van der Waals surface area contributed by atoms with Crippen molar-refractivity contribution in [1.29, 1.82) is 0 Å². The second-order valence-electron chi connectivity index (χ2n) is 8.47. The number of benzene rings is 2. The molecule has 1 aliphatic heterocycles. The second-order valence-corrected chi connectivity index (χ2v) is 8.47. The van der Waals surface area contributed by atoms with E-state index in [1.165, 1.54) is 17.7 Å². The number of amides is 2. The SMILES string of the molecule is CC(C)[C@H](NC(=O)c1ccccc1F)C(=O)N1CCC(CCc2ccccc2)CC1. The van der Waals surface area contributed by atoms with Crippen molar-refractivity contribution >= 4 is 11.8 Å². The van der Waals surface area contributed by atoms with Gasteiger partial charge in [0.25, 0.3) is 5.91 Å². The lowest BCUT2D eigenvalue weighted by molar-refractivity contribution is -0.135. The molecule has 2 aromatic rings. The third kappa shape index (κ3) is 5.68. The zero-order valence-corrected chi connectivity index (χ0v) is 17.8. The van der Waals surface area contributed by atoms with Gasteiger partial charge in [-0.05, 0) is 55.2 Å². The molecule has 1 saturated heterocycles. The number of nitrogens with zero attached hydrogens (tertiary/aromatic N) is 1. The van der Waals surface area contributed by atoms with Gasteiger partial charge in [0.1, 0.15) is 11.9 Å². The number of carbonyl (C=O) groups excluding carboxylic acids is 2. The largest absolute Gasteiger partial charge is 0.341 e. The van der Waals surface area contributed by atoms with Gasteiger partial charge in [0, 0.05) is 13.1 Å². The first-order valence-electron chi connectivity index (χ1n) is 10.8. The molecule has 1 heterocycles. The minimum atomic E-state index is -0.655. The minimum Gasteiger partial charge on any atom is -0.341 e. The van der Waals surface area contributed by atoms with E-state index in [-0.39, 0.29) is 17.4 Å². The number of likely N-dealkylation sites (tertiary alicyclic amines) is 1. The maximum Gasteiger partial charge on any atom is 0.254 e. The lowest BCUT2D eigenvalue weighted by atomic mass is 9.90. The van der Waals surface area contributed by atoms with Crippen LogP contribution in [-0.4, -0.2) is 35.8 Å². The van der Waals surface area contributed by atoms with Crippen molar-refractivity contribution in [2.45, 2.75) is 45.6 Å². The zero-order valence-electron chi connectivity index (χ0n) is 17.8. The van der Waals surface area contributed by atoms with E-state index in [0.717, 1.165) is 25.7 Å². The van der Waals surface area contributed by atoms with Crippen LogP contribution in [0.4, 0.5) is 4.39 Å². The van der Waals surface area contributed by atoms with Crippen LogP contribution >= 0.6 is 0 Å². The van der Waals surface area contributed by atoms with E-state index in [0.29, 0.717) is 19.0 Å². The van der Waals surface area contributed by atoms with Gasteiger partial charge in [-0.15, -0.1) is 0 Å². The molecule has 3 rings (SSSR count). The fourth-order valence-corrected chi connectivity index (χ4v) is 4.03. The van der Waals surface area contributed by atoms with E-state index in [4.69, 9.17) is 0 Å². The van der Waals surface area contributed by atoms with E-state index >= 15 is 0 Å². The van der Waals surface area contributed by atoms with Crippen LogP contribution in [0, 0.1) is 17.7 Å². The highest BCUT2D eigenvalue weighted by Gasteiger charge is 2.31. The minimum absolute atomic E-state index is 0.0319. The highest BCUT2D eigenvalue weighted by atomic mass is 19.1. The van der Waals surface area contributed by atoms with E-state index in [1.54, 1.807) is 12.1 Å². The van der Waals surface area contributed by atoms with E-state index in [1.807, 2.05) is 24.8 Å². The third-order valence-corrected chi connectivity index (χ3v) is 5.95.